The van der Waals surface area contributed by atoms with Crippen LogP contribution >= 0.6 is 0 Å². The number of rotatable bonds is 7. The molecule has 0 aliphatic carbocycles. The van der Waals surface area contributed by atoms with Crippen LogP contribution in [0.3, 0.4) is 0 Å². The minimum absolute atomic E-state index is 0.395. The van der Waals surface area contributed by atoms with Crippen molar-refractivity contribution in [1.29, 1.82) is 0 Å². The SMILES string of the molecule is CCN(CCCN(C)C)c1cccc(C(=O)OC)c1N. The van der Waals surface area contributed by atoms with Gasteiger partial charge in [-0.15, -0.1) is 0 Å². The van der Waals surface area contributed by atoms with E-state index in [9.17, 15) is 4.79 Å². The molecule has 5 nitrogen and oxygen atoms in total. The highest BCUT2D eigenvalue weighted by atomic mass is 16.5. The van der Waals surface area contributed by atoms with Crippen molar-refractivity contribution >= 4 is 17.3 Å². The summed E-state index contributed by atoms with van der Waals surface area (Å²) in [6.45, 7) is 4.86. The number of ether oxygens (including phenoxy) is 1. The lowest BCUT2D eigenvalue weighted by atomic mass is 10.1. The molecule has 0 heterocycles. The summed E-state index contributed by atoms with van der Waals surface area (Å²) >= 11 is 0. The maximum absolute atomic E-state index is 11.7. The smallest absolute Gasteiger partial charge is 0.340 e. The predicted octanol–water partition coefficient (Wildman–Crippen LogP) is 1.83. The van der Waals surface area contributed by atoms with Gasteiger partial charge in [-0.05, 0) is 46.1 Å². The Morgan fingerprint density at radius 2 is 2.00 bits per heavy atom. The minimum atomic E-state index is -0.395. The van der Waals surface area contributed by atoms with E-state index in [0.29, 0.717) is 11.3 Å². The number of methoxy groups -OCH3 is 1. The van der Waals surface area contributed by atoms with Crippen LogP contribution in [0.4, 0.5) is 11.4 Å². The van der Waals surface area contributed by atoms with Crippen molar-refractivity contribution in [3.05, 3.63) is 23.8 Å². The molecule has 0 atom stereocenters. The molecule has 0 aliphatic rings. The van der Waals surface area contributed by atoms with Crippen molar-refractivity contribution in [3.8, 4) is 0 Å². The van der Waals surface area contributed by atoms with E-state index in [1.165, 1.54) is 7.11 Å². The Balaban J connectivity index is 2.89. The van der Waals surface area contributed by atoms with Gasteiger partial charge in [0.1, 0.15) is 0 Å². The molecule has 5 heteroatoms. The summed E-state index contributed by atoms with van der Waals surface area (Å²) in [5.74, 6) is -0.395. The summed E-state index contributed by atoms with van der Waals surface area (Å²) in [6.07, 6.45) is 1.04. The summed E-state index contributed by atoms with van der Waals surface area (Å²) < 4.78 is 4.75. The summed E-state index contributed by atoms with van der Waals surface area (Å²) in [5.41, 5.74) is 7.93. The Hall–Kier alpha value is -1.75. The van der Waals surface area contributed by atoms with E-state index in [-0.39, 0.29) is 0 Å². The standard InChI is InChI=1S/C15H25N3O2/c1-5-18(11-7-10-17(2)3)13-9-6-8-12(14(13)16)15(19)20-4/h6,8-9H,5,7,10-11,16H2,1-4H3. The van der Waals surface area contributed by atoms with Crippen LogP contribution in [0.5, 0.6) is 0 Å². The van der Waals surface area contributed by atoms with Crippen molar-refractivity contribution in [2.45, 2.75) is 13.3 Å². The van der Waals surface area contributed by atoms with Gasteiger partial charge in [-0.1, -0.05) is 6.07 Å². The molecule has 1 aromatic rings. The van der Waals surface area contributed by atoms with Gasteiger partial charge in [0.2, 0.25) is 0 Å². The van der Waals surface area contributed by atoms with Gasteiger partial charge in [0.15, 0.2) is 0 Å². The van der Waals surface area contributed by atoms with Crippen LogP contribution in [0, 0.1) is 0 Å². The largest absolute Gasteiger partial charge is 0.465 e. The van der Waals surface area contributed by atoms with E-state index in [1.54, 1.807) is 6.07 Å². The third-order valence-corrected chi connectivity index (χ3v) is 3.24. The third kappa shape index (κ3) is 4.13. The number of nitrogens with zero attached hydrogens (tertiary/aromatic N) is 2. The first-order valence-corrected chi connectivity index (χ1v) is 6.87. The maximum atomic E-state index is 11.7. The number of nitrogen functional groups attached to an aromatic ring is 1. The highest BCUT2D eigenvalue weighted by molar-refractivity contribution is 5.98. The second-order valence-electron chi connectivity index (χ2n) is 4.97. The predicted molar refractivity (Wildman–Crippen MR) is 83.3 cm³/mol. The van der Waals surface area contributed by atoms with E-state index < -0.39 is 5.97 Å². The van der Waals surface area contributed by atoms with Gasteiger partial charge < -0.3 is 20.3 Å². The molecule has 0 spiro atoms. The fraction of sp³-hybridized carbons (Fsp3) is 0.533. The Morgan fingerprint density at radius 1 is 1.30 bits per heavy atom. The molecule has 112 valence electrons. The Morgan fingerprint density at radius 3 is 2.55 bits per heavy atom. The van der Waals surface area contributed by atoms with Gasteiger partial charge in [-0.3, -0.25) is 0 Å². The first kappa shape index (κ1) is 16.3. The van der Waals surface area contributed by atoms with Crippen LogP contribution in [-0.4, -0.2) is 51.7 Å². The second-order valence-corrected chi connectivity index (χ2v) is 4.97. The summed E-state index contributed by atoms with van der Waals surface area (Å²) in [6, 6.07) is 5.48. The number of nitrogens with two attached hydrogens (primary N) is 1. The van der Waals surface area contributed by atoms with Crippen LogP contribution < -0.4 is 10.6 Å². The molecule has 0 amide bonds. The topological polar surface area (TPSA) is 58.8 Å². The molecule has 0 aliphatic heterocycles. The molecule has 0 bridgehead atoms. The highest BCUT2D eigenvalue weighted by Crippen LogP contribution is 2.27. The number of para-hydroxylation sites is 1. The molecule has 2 N–H and O–H groups in total. The normalized spacial score (nSPS) is 10.7. The van der Waals surface area contributed by atoms with E-state index in [0.717, 1.165) is 31.7 Å². The van der Waals surface area contributed by atoms with Gasteiger partial charge in [0.25, 0.3) is 0 Å². The van der Waals surface area contributed by atoms with E-state index >= 15 is 0 Å². The zero-order valence-corrected chi connectivity index (χ0v) is 12.8. The Labute approximate surface area is 121 Å². The summed E-state index contributed by atoms with van der Waals surface area (Å²) in [4.78, 5) is 16.0. The van der Waals surface area contributed by atoms with Crippen LogP contribution in [0.25, 0.3) is 0 Å². The first-order valence-electron chi connectivity index (χ1n) is 6.87. The van der Waals surface area contributed by atoms with E-state index in [4.69, 9.17) is 10.5 Å². The van der Waals surface area contributed by atoms with Crippen molar-refractivity contribution in [2.75, 3.05) is 51.5 Å². The van der Waals surface area contributed by atoms with Crippen molar-refractivity contribution < 1.29 is 9.53 Å². The van der Waals surface area contributed by atoms with Crippen LogP contribution in [0.1, 0.15) is 23.7 Å². The molecule has 0 fully saturated rings. The number of hydrogen-bond donors (Lipinski definition) is 1. The molecular formula is C15H25N3O2. The van der Waals surface area contributed by atoms with Crippen molar-refractivity contribution in [2.24, 2.45) is 0 Å². The fourth-order valence-electron chi connectivity index (χ4n) is 2.14. The molecule has 1 rings (SSSR count). The molecule has 1 aromatic carbocycles. The monoisotopic (exact) mass is 279 g/mol. The minimum Gasteiger partial charge on any atom is -0.465 e. The molecule has 0 saturated carbocycles. The van der Waals surface area contributed by atoms with Gasteiger partial charge in [0, 0.05) is 13.1 Å². The lowest BCUT2D eigenvalue weighted by Gasteiger charge is -2.26. The molecule has 0 unspecified atom stereocenters. The van der Waals surface area contributed by atoms with Crippen LogP contribution in [0.15, 0.2) is 18.2 Å². The van der Waals surface area contributed by atoms with Crippen LogP contribution in [-0.2, 0) is 4.74 Å². The number of anilines is 2. The summed E-state index contributed by atoms with van der Waals surface area (Å²) in [7, 11) is 5.48. The van der Waals surface area contributed by atoms with Gasteiger partial charge in [-0.2, -0.15) is 0 Å². The average molecular weight is 279 g/mol. The van der Waals surface area contributed by atoms with Crippen LogP contribution in [0.2, 0.25) is 0 Å². The lowest BCUT2D eigenvalue weighted by molar-refractivity contribution is 0.0602. The van der Waals surface area contributed by atoms with Gasteiger partial charge in [-0.25, -0.2) is 4.79 Å². The van der Waals surface area contributed by atoms with E-state index in [2.05, 4.69) is 30.8 Å². The number of hydrogen-bond acceptors (Lipinski definition) is 5. The highest BCUT2D eigenvalue weighted by Gasteiger charge is 2.15. The number of carbonyl (C=O) groups excluding carboxylic acids is 1. The van der Waals surface area contributed by atoms with Gasteiger partial charge >= 0.3 is 5.97 Å². The third-order valence-electron chi connectivity index (χ3n) is 3.24. The van der Waals surface area contributed by atoms with E-state index in [1.807, 2.05) is 12.1 Å². The Kier molecular flexibility index (Phi) is 6.31. The molecule has 0 aromatic heterocycles. The Bertz CT molecular complexity index is 447. The summed E-state index contributed by atoms with van der Waals surface area (Å²) in [5, 5.41) is 0. The zero-order valence-electron chi connectivity index (χ0n) is 12.8. The number of carbonyl (C=O) groups is 1. The first-order chi connectivity index (χ1) is 9.51. The molecule has 0 saturated heterocycles. The zero-order chi connectivity index (χ0) is 15.1. The van der Waals surface area contributed by atoms with Crippen molar-refractivity contribution in [1.82, 2.24) is 4.90 Å². The quantitative estimate of drug-likeness (QED) is 0.609. The molecular weight excluding hydrogens is 254 g/mol. The average Bonchev–Trinajstić information content (AvgIpc) is 2.43. The second kappa shape index (κ2) is 7.75. The molecule has 20 heavy (non-hydrogen) atoms. The maximum Gasteiger partial charge on any atom is 0.340 e. The fourth-order valence-corrected chi connectivity index (χ4v) is 2.14. The lowest BCUT2D eigenvalue weighted by Crippen LogP contribution is -2.28. The van der Waals surface area contributed by atoms with Gasteiger partial charge in [0.05, 0.1) is 24.0 Å². The number of benzene rings is 1. The molecule has 0 radical (unpaired) electrons. The number of esters is 1. The van der Waals surface area contributed by atoms with Crippen molar-refractivity contribution in [3.63, 3.8) is 0 Å².